The zero-order valence-electron chi connectivity index (χ0n) is 19.4. The third kappa shape index (κ3) is 4.80. The van der Waals surface area contributed by atoms with E-state index in [-0.39, 0.29) is 18.3 Å². The van der Waals surface area contributed by atoms with Gasteiger partial charge in [-0.3, -0.25) is 14.7 Å². The SMILES string of the molecule is CCC1(c2ccc(F)cc2)N=C(C)N(CC(O)CN2CCC(c3cccc(N)c3)CC2)C1=O. The zero-order valence-corrected chi connectivity index (χ0v) is 19.4. The first-order valence-corrected chi connectivity index (χ1v) is 11.7. The molecule has 0 spiro atoms. The minimum atomic E-state index is -1.05. The van der Waals surface area contributed by atoms with Crippen LogP contribution in [-0.2, 0) is 10.3 Å². The average Bonchev–Trinajstić information content (AvgIpc) is 3.05. The number of rotatable bonds is 7. The highest BCUT2D eigenvalue weighted by Crippen LogP contribution is 2.37. The Hall–Kier alpha value is -2.77. The van der Waals surface area contributed by atoms with Crippen LogP contribution in [0, 0.1) is 5.82 Å². The van der Waals surface area contributed by atoms with Crippen molar-refractivity contribution in [1.29, 1.82) is 0 Å². The van der Waals surface area contributed by atoms with E-state index in [1.807, 2.05) is 19.1 Å². The van der Waals surface area contributed by atoms with Crippen molar-refractivity contribution >= 4 is 17.4 Å². The van der Waals surface area contributed by atoms with Crippen LogP contribution in [0.1, 0.15) is 50.2 Å². The Bertz CT molecular complexity index is 1020. The summed E-state index contributed by atoms with van der Waals surface area (Å²) in [6.45, 7) is 6.20. The van der Waals surface area contributed by atoms with Gasteiger partial charge in [-0.25, -0.2) is 4.39 Å². The maximum atomic E-state index is 13.4. The van der Waals surface area contributed by atoms with Crippen LogP contribution in [0.5, 0.6) is 0 Å². The molecule has 1 fully saturated rings. The number of β-amino-alcohol motifs (C(OH)–C–C–N with tert-alkyl or cyclic N) is 1. The fourth-order valence-electron chi connectivity index (χ4n) is 5.15. The number of hydrogen-bond donors (Lipinski definition) is 2. The molecule has 3 N–H and O–H groups in total. The average molecular weight is 453 g/mol. The molecule has 2 atom stereocenters. The van der Waals surface area contributed by atoms with Gasteiger partial charge < -0.3 is 15.7 Å². The molecule has 2 aromatic carbocycles. The standard InChI is InChI=1S/C26H33FN4O2/c1-3-26(21-7-9-22(27)10-8-21)25(33)31(18(2)29-26)17-24(32)16-30-13-11-19(12-14-30)20-5-4-6-23(28)15-20/h4-10,15,19,24,32H,3,11-14,16-17,28H2,1-2H3. The van der Waals surface area contributed by atoms with Crippen molar-refractivity contribution in [2.24, 2.45) is 4.99 Å². The number of hydrogen-bond acceptors (Lipinski definition) is 5. The summed E-state index contributed by atoms with van der Waals surface area (Å²) < 4.78 is 13.4. The summed E-state index contributed by atoms with van der Waals surface area (Å²) in [4.78, 5) is 21.9. The fraction of sp³-hybridized carbons (Fsp3) is 0.462. The number of nitrogen functional groups attached to an aromatic ring is 1. The molecule has 1 amide bonds. The van der Waals surface area contributed by atoms with Gasteiger partial charge in [-0.2, -0.15) is 0 Å². The van der Waals surface area contributed by atoms with E-state index >= 15 is 0 Å². The van der Waals surface area contributed by atoms with E-state index in [4.69, 9.17) is 5.73 Å². The van der Waals surface area contributed by atoms with Crippen molar-refractivity contribution in [3.05, 3.63) is 65.5 Å². The number of likely N-dealkylation sites (tertiary alicyclic amines) is 1. The topological polar surface area (TPSA) is 82.2 Å². The molecule has 2 aliphatic rings. The minimum absolute atomic E-state index is 0.159. The number of amides is 1. The number of aliphatic imine (C=N–C) groups is 1. The first-order valence-electron chi connectivity index (χ1n) is 11.7. The molecule has 2 aliphatic heterocycles. The van der Waals surface area contributed by atoms with Gasteiger partial charge in [0.1, 0.15) is 11.7 Å². The van der Waals surface area contributed by atoms with Crippen LogP contribution >= 0.6 is 0 Å². The molecule has 0 saturated carbocycles. The summed E-state index contributed by atoms with van der Waals surface area (Å²) in [6.07, 6.45) is 1.83. The highest BCUT2D eigenvalue weighted by Gasteiger charge is 2.47. The maximum Gasteiger partial charge on any atom is 0.260 e. The molecular formula is C26H33FN4O2. The largest absolute Gasteiger partial charge is 0.399 e. The van der Waals surface area contributed by atoms with E-state index < -0.39 is 11.6 Å². The zero-order chi connectivity index (χ0) is 23.6. The Morgan fingerprint density at radius 2 is 1.88 bits per heavy atom. The predicted octanol–water partition coefficient (Wildman–Crippen LogP) is 3.51. The summed E-state index contributed by atoms with van der Waals surface area (Å²) in [5, 5.41) is 10.8. The van der Waals surface area contributed by atoms with Crippen molar-refractivity contribution in [2.75, 3.05) is 31.9 Å². The number of halogens is 1. The van der Waals surface area contributed by atoms with Crippen molar-refractivity contribution in [3.63, 3.8) is 0 Å². The molecule has 0 aromatic heterocycles. The molecule has 2 aromatic rings. The van der Waals surface area contributed by atoms with Gasteiger partial charge in [-0.05, 0) is 80.6 Å². The van der Waals surface area contributed by atoms with Crippen LogP contribution in [0.15, 0.2) is 53.5 Å². The Balaban J connectivity index is 1.35. The van der Waals surface area contributed by atoms with E-state index in [0.717, 1.165) is 31.6 Å². The summed E-state index contributed by atoms with van der Waals surface area (Å²) in [6, 6.07) is 14.1. The Kier molecular flexibility index (Phi) is 6.81. The normalized spacial score (nSPS) is 23.1. The minimum Gasteiger partial charge on any atom is -0.399 e. The number of carbonyl (C=O) groups is 1. The predicted molar refractivity (Wildman–Crippen MR) is 128 cm³/mol. The van der Waals surface area contributed by atoms with Crippen LogP contribution in [0.4, 0.5) is 10.1 Å². The number of amidine groups is 1. The molecule has 176 valence electrons. The third-order valence-corrected chi connectivity index (χ3v) is 7.01. The van der Waals surface area contributed by atoms with E-state index in [0.29, 0.717) is 30.3 Å². The molecule has 4 rings (SSSR count). The molecule has 0 aliphatic carbocycles. The van der Waals surface area contributed by atoms with Gasteiger partial charge in [-0.15, -0.1) is 0 Å². The van der Waals surface area contributed by atoms with Gasteiger partial charge in [-0.1, -0.05) is 31.2 Å². The number of aliphatic hydroxyl groups is 1. The number of aliphatic hydroxyl groups excluding tert-OH is 1. The summed E-state index contributed by atoms with van der Waals surface area (Å²) in [5.74, 6) is 0.569. The molecule has 0 bridgehead atoms. The van der Waals surface area contributed by atoms with Gasteiger partial charge in [0.2, 0.25) is 0 Å². The van der Waals surface area contributed by atoms with Gasteiger partial charge >= 0.3 is 0 Å². The number of carbonyl (C=O) groups excluding carboxylic acids is 1. The molecule has 2 heterocycles. The molecule has 0 radical (unpaired) electrons. The quantitative estimate of drug-likeness (QED) is 0.630. The van der Waals surface area contributed by atoms with Gasteiger partial charge in [0.05, 0.1) is 12.6 Å². The smallest absolute Gasteiger partial charge is 0.260 e. The van der Waals surface area contributed by atoms with E-state index in [9.17, 15) is 14.3 Å². The first-order chi connectivity index (χ1) is 15.8. The van der Waals surface area contributed by atoms with E-state index in [1.165, 1.54) is 17.7 Å². The maximum absolute atomic E-state index is 13.4. The van der Waals surface area contributed by atoms with Gasteiger partial charge in [0, 0.05) is 12.2 Å². The summed E-state index contributed by atoms with van der Waals surface area (Å²) in [7, 11) is 0. The second-order valence-corrected chi connectivity index (χ2v) is 9.19. The lowest BCUT2D eigenvalue weighted by molar-refractivity contribution is -0.132. The number of nitrogens with zero attached hydrogens (tertiary/aromatic N) is 3. The molecule has 2 unspecified atom stereocenters. The second kappa shape index (κ2) is 9.61. The van der Waals surface area contributed by atoms with Crippen molar-refractivity contribution in [3.8, 4) is 0 Å². The Labute approximate surface area is 194 Å². The van der Waals surface area contributed by atoms with Crippen molar-refractivity contribution < 1.29 is 14.3 Å². The number of nitrogens with two attached hydrogens (primary N) is 1. The third-order valence-electron chi connectivity index (χ3n) is 7.01. The number of piperidine rings is 1. The van der Waals surface area contributed by atoms with E-state index in [1.54, 1.807) is 24.0 Å². The summed E-state index contributed by atoms with van der Waals surface area (Å²) >= 11 is 0. The van der Waals surface area contributed by atoms with Gasteiger partial charge in [0.25, 0.3) is 5.91 Å². The Morgan fingerprint density at radius 1 is 1.18 bits per heavy atom. The molecule has 33 heavy (non-hydrogen) atoms. The second-order valence-electron chi connectivity index (χ2n) is 9.19. The fourth-order valence-corrected chi connectivity index (χ4v) is 5.15. The highest BCUT2D eigenvalue weighted by atomic mass is 19.1. The van der Waals surface area contributed by atoms with Crippen LogP contribution < -0.4 is 5.73 Å². The summed E-state index contributed by atoms with van der Waals surface area (Å²) in [5.41, 5.74) is 7.63. The van der Waals surface area contributed by atoms with Crippen LogP contribution in [0.25, 0.3) is 0 Å². The lowest BCUT2D eigenvalue weighted by atomic mass is 9.87. The monoisotopic (exact) mass is 452 g/mol. The molecular weight excluding hydrogens is 419 g/mol. The van der Waals surface area contributed by atoms with Crippen LogP contribution in [-0.4, -0.2) is 58.9 Å². The van der Waals surface area contributed by atoms with Gasteiger partial charge in [0.15, 0.2) is 5.54 Å². The lowest BCUT2D eigenvalue weighted by Gasteiger charge is -2.34. The van der Waals surface area contributed by atoms with Crippen molar-refractivity contribution in [2.45, 2.75) is 50.7 Å². The Morgan fingerprint density at radius 3 is 2.52 bits per heavy atom. The van der Waals surface area contributed by atoms with Crippen molar-refractivity contribution in [1.82, 2.24) is 9.80 Å². The van der Waals surface area contributed by atoms with Crippen LogP contribution in [0.2, 0.25) is 0 Å². The molecule has 1 saturated heterocycles. The van der Waals surface area contributed by atoms with Crippen LogP contribution in [0.3, 0.4) is 0 Å². The number of anilines is 1. The molecule has 6 nitrogen and oxygen atoms in total. The van der Waals surface area contributed by atoms with E-state index in [2.05, 4.69) is 22.0 Å². The lowest BCUT2D eigenvalue weighted by Crippen LogP contribution is -2.47. The number of benzene rings is 2. The first kappa shape index (κ1) is 23.4. The highest BCUT2D eigenvalue weighted by molar-refractivity contribution is 6.07. The molecule has 7 heteroatoms.